The lowest BCUT2D eigenvalue weighted by molar-refractivity contribution is 0.253. The third-order valence-electron chi connectivity index (χ3n) is 6.98. The zero-order valence-electron chi connectivity index (χ0n) is 18.3. The molecule has 1 aliphatic heterocycles. The van der Waals surface area contributed by atoms with Gasteiger partial charge in [0.25, 0.3) is 0 Å². The third kappa shape index (κ3) is 3.03. The van der Waals surface area contributed by atoms with Gasteiger partial charge in [-0.2, -0.15) is 0 Å². The van der Waals surface area contributed by atoms with Crippen molar-refractivity contribution in [2.24, 2.45) is 10.7 Å². The summed E-state index contributed by atoms with van der Waals surface area (Å²) in [6.07, 6.45) is 4.33. The molecule has 0 bridgehead atoms. The van der Waals surface area contributed by atoms with Crippen LogP contribution in [0.2, 0.25) is 0 Å². The number of amidine groups is 1. The molecular formula is C24H21F2N5O2S. The van der Waals surface area contributed by atoms with E-state index in [0.717, 1.165) is 5.39 Å². The van der Waals surface area contributed by atoms with Gasteiger partial charge in [0.2, 0.25) is 11.2 Å². The Bertz CT molecular complexity index is 1510. The fraction of sp³-hybridized carbons (Fsp3) is 0.333. The lowest BCUT2D eigenvalue weighted by Gasteiger charge is -2.48. The monoisotopic (exact) mass is 481 g/mol. The fourth-order valence-corrected chi connectivity index (χ4v) is 7.21. The standard InChI is InChI=1S/C24H21F2N5O2S/c1-23(21(26)34(32,33)24(7-3-8-24)22(27)31-23)17-10-14(4-5-18(17)25)11-19-20-15(6-9-29-19)12-16(28-2)13-30-20/h4-6,9-10,12-13,21H,3,7-8,11H2,1H3,(H2,27,31)/t21-,23+/m0/s1. The second-order valence-electron chi connectivity index (χ2n) is 8.98. The third-order valence-corrected chi connectivity index (χ3v) is 9.69. The molecule has 0 saturated heterocycles. The maximum Gasteiger partial charge on any atom is 0.230 e. The van der Waals surface area contributed by atoms with Crippen molar-refractivity contribution in [2.75, 3.05) is 0 Å². The van der Waals surface area contributed by atoms with Gasteiger partial charge in [-0.25, -0.2) is 22.0 Å². The maximum atomic E-state index is 15.6. The van der Waals surface area contributed by atoms with Gasteiger partial charge in [-0.15, -0.1) is 0 Å². The predicted octanol–water partition coefficient (Wildman–Crippen LogP) is 4.13. The summed E-state index contributed by atoms with van der Waals surface area (Å²) in [5.74, 6) is -0.925. The van der Waals surface area contributed by atoms with Gasteiger partial charge in [-0.3, -0.25) is 15.0 Å². The highest BCUT2D eigenvalue weighted by molar-refractivity contribution is 7.94. The van der Waals surface area contributed by atoms with E-state index in [2.05, 4.69) is 19.8 Å². The second kappa shape index (κ2) is 7.53. The molecule has 34 heavy (non-hydrogen) atoms. The number of alkyl halides is 1. The van der Waals surface area contributed by atoms with Crippen molar-refractivity contribution in [1.29, 1.82) is 0 Å². The van der Waals surface area contributed by atoms with Crippen LogP contribution in [0.5, 0.6) is 0 Å². The molecule has 0 amide bonds. The van der Waals surface area contributed by atoms with Crippen LogP contribution in [-0.4, -0.2) is 34.5 Å². The van der Waals surface area contributed by atoms with Gasteiger partial charge in [0.15, 0.2) is 9.84 Å². The van der Waals surface area contributed by atoms with Gasteiger partial charge >= 0.3 is 0 Å². The average molecular weight is 482 g/mol. The Balaban J connectivity index is 1.58. The van der Waals surface area contributed by atoms with Crippen LogP contribution in [0.25, 0.3) is 15.7 Å². The van der Waals surface area contributed by atoms with Crippen molar-refractivity contribution in [3.05, 3.63) is 76.8 Å². The van der Waals surface area contributed by atoms with Crippen molar-refractivity contribution in [1.82, 2.24) is 9.97 Å². The van der Waals surface area contributed by atoms with E-state index < -0.39 is 31.4 Å². The van der Waals surface area contributed by atoms with Crippen LogP contribution in [0.15, 0.2) is 47.7 Å². The number of nitrogens with two attached hydrogens (primary N) is 1. The molecule has 5 rings (SSSR count). The molecule has 0 radical (unpaired) electrons. The largest absolute Gasteiger partial charge is 0.386 e. The van der Waals surface area contributed by atoms with E-state index in [1.165, 1.54) is 31.3 Å². The topological polar surface area (TPSA) is 103 Å². The van der Waals surface area contributed by atoms with Crippen LogP contribution in [-0.2, 0) is 21.8 Å². The van der Waals surface area contributed by atoms with E-state index in [0.29, 0.717) is 28.9 Å². The molecule has 2 N–H and O–H groups in total. The number of rotatable bonds is 3. The molecule has 1 saturated carbocycles. The molecule has 2 aliphatic rings. The van der Waals surface area contributed by atoms with Gasteiger partial charge in [-0.05, 0) is 61.4 Å². The lowest BCUT2D eigenvalue weighted by atomic mass is 9.82. The maximum absolute atomic E-state index is 15.6. The SMILES string of the molecule is [C-]#[N+]c1cnc2c(Cc3ccc(F)c([C@@]4(C)N=C(N)C5(CCC5)S(=O)(=O)[C@@H]4F)c3)nccc2c1. The van der Waals surface area contributed by atoms with E-state index in [1.54, 1.807) is 18.3 Å². The summed E-state index contributed by atoms with van der Waals surface area (Å²) < 4.78 is 55.4. The number of aromatic nitrogens is 2. The van der Waals surface area contributed by atoms with E-state index in [9.17, 15) is 12.8 Å². The molecule has 1 spiro atoms. The first-order valence-corrected chi connectivity index (χ1v) is 12.3. The molecule has 2 atom stereocenters. The number of benzene rings is 1. The Kier molecular flexibility index (Phi) is 4.95. The van der Waals surface area contributed by atoms with Crippen LogP contribution in [0.4, 0.5) is 14.5 Å². The molecule has 3 aromatic rings. The Morgan fingerprint density at radius 3 is 2.68 bits per heavy atom. The predicted molar refractivity (Wildman–Crippen MR) is 124 cm³/mol. The molecule has 1 aromatic carbocycles. The smallest absolute Gasteiger partial charge is 0.230 e. The molecule has 2 aromatic heterocycles. The molecule has 3 heterocycles. The van der Waals surface area contributed by atoms with Crippen molar-refractivity contribution in [3.63, 3.8) is 0 Å². The summed E-state index contributed by atoms with van der Waals surface area (Å²) in [5, 5.41) is 0.734. The number of aliphatic imine (C=N–C) groups is 1. The first kappa shape index (κ1) is 22.3. The highest BCUT2D eigenvalue weighted by Crippen LogP contribution is 2.51. The van der Waals surface area contributed by atoms with Crippen molar-refractivity contribution < 1.29 is 17.2 Å². The molecular weight excluding hydrogens is 460 g/mol. The normalized spacial score (nSPS) is 24.9. The minimum atomic E-state index is -4.33. The van der Waals surface area contributed by atoms with Gasteiger partial charge in [-0.1, -0.05) is 6.07 Å². The minimum absolute atomic E-state index is 0.157. The summed E-state index contributed by atoms with van der Waals surface area (Å²) >= 11 is 0. The van der Waals surface area contributed by atoms with Gasteiger partial charge in [0, 0.05) is 24.4 Å². The molecule has 1 fully saturated rings. The van der Waals surface area contributed by atoms with Gasteiger partial charge in [0.05, 0.1) is 17.8 Å². The first-order valence-electron chi connectivity index (χ1n) is 10.8. The molecule has 174 valence electrons. The lowest BCUT2D eigenvalue weighted by Crippen LogP contribution is -2.64. The van der Waals surface area contributed by atoms with E-state index in [-0.39, 0.29) is 30.7 Å². The summed E-state index contributed by atoms with van der Waals surface area (Å²) in [6, 6.07) is 7.56. The number of sulfone groups is 1. The highest BCUT2D eigenvalue weighted by Gasteiger charge is 2.64. The minimum Gasteiger partial charge on any atom is -0.386 e. The van der Waals surface area contributed by atoms with Crippen LogP contribution >= 0.6 is 0 Å². The number of pyridine rings is 2. The fourth-order valence-electron chi connectivity index (χ4n) is 4.83. The van der Waals surface area contributed by atoms with Crippen molar-refractivity contribution in [3.8, 4) is 0 Å². The number of hydrogen-bond acceptors (Lipinski definition) is 6. The van der Waals surface area contributed by atoms with Gasteiger partial charge in [0.1, 0.15) is 21.9 Å². The molecule has 7 nitrogen and oxygen atoms in total. The van der Waals surface area contributed by atoms with Crippen LogP contribution in [0.1, 0.15) is 43.0 Å². The Morgan fingerprint density at radius 2 is 2.00 bits per heavy atom. The summed E-state index contributed by atoms with van der Waals surface area (Å²) in [4.78, 5) is 16.3. The number of nitrogens with zero attached hydrogens (tertiary/aromatic N) is 4. The quantitative estimate of drug-likeness (QED) is 0.567. The molecule has 0 unspecified atom stereocenters. The zero-order valence-corrected chi connectivity index (χ0v) is 19.1. The zero-order chi connectivity index (χ0) is 24.3. The van der Waals surface area contributed by atoms with Crippen LogP contribution in [0.3, 0.4) is 0 Å². The summed E-state index contributed by atoms with van der Waals surface area (Å²) in [7, 11) is -4.33. The Morgan fingerprint density at radius 1 is 1.24 bits per heavy atom. The van der Waals surface area contributed by atoms with Crippen LogP contribution < -0.4 is 5.73 Å². The Hall–Kier alpha value is -3.45. The summed E-state index contributed by atoms with van der Waals surface area (Å²) in [5.41, 5.74) is 3.59. The average Bonchev–Trinajstić information content (AvgIpc) is 2.77. The van der Waals surface area contributed by atoms with Gasteiger partial charge < -0.3 is 5.73 Å². The highest BCUT2D eigenvalue weighted by atomic mass is 32.2. The van der Waals surface area contributed by atoms with E-state index in [1.807, 2.05) is 0 Å². The number of fused-ring (bicyclic) bond motifs is 1. The summed E-state index contributed by atoms with van der Waals surface area (Å²) in [6.45, 7) is 8.41. The van der Waals surface area contributed by atoms with Crippen molar-refractivity contribution >= 4 is 32.3 Å². The van der Waals surface area contributed by atoms with E-state index >= 15 is 4.39 Å². The van der Waals surface area contributed by atoms with Crippen LogP contribution in [0, 0.1) is 12.4 Å². The van der Waals surface area contributed by atoms with Crippen molar-refractivity contribution in [2.45, 2.75) is 48.4 Å². The first-order chi connectivity index (χ1) is 16.1. The second-order valence-corrected chi connectivity index (χ2v) is 11.3. The number of halogens is 2. The molecule has 10 heteroatoms. The van der Waals surface area contributed by atoms with E-state index in [4.69, 9.17) is 12.3 Å². The Labute approximate surface area is 195 Å². The number of hydrogen-bond donors (Lipinski definition) is 1. The molecule has 1 aliphatic carbocycles.